The highest BCUT2D eigenvalue weighted by molar-refractivity contribution is 5.91. The maximum atomic E-state index is 11.9. The first-order chi connectivity index (χ1) is 12.7. The number of fused-ring (bicyclic) bond motifs is 1. The standard InChI is InChI=1S/C22H25N3O/c1-16-5-2-3-7-21(16)25-14-19-18(20(19)15-25)10-12-24-22(26)9-8-17-6-4-11-23-13-17/h2-9,11,13,18-20H,10,12,14-15H2,1H3,(H,24,26)/b9-8+/t18-,19-,20+. The first-order valence-corrected chi connectivity index (χ1v) is 9.39. The minimum atomic E-state index is -0.0267. The number of benzene rings is 1. The van der Waals surface area contributed by atoms with Gasteiger partial charge in [0.15, 0.2) is 0 Å². The molecule has 2 fully saturated rings. The lowest BCUT2D eigenvalue weighted by Gasteiger charge is -2.23. The predicted octanol–water partition coefficient (Wildman–Crippen LogP) is 3.29. The fourth-order valence-electron chi connectivity index (χ4n) is 4.26. The number of hydrogen-bond acceptors (Lipinski definition) is 3. The Hall–Kier alpha value is -2.62. The Bertz CT molecular complexity index is 790. The van der Waals surface area contributed by atoms with E-state index >= 15 is 0 Å². The summed E-state index contributed by atoms with van der Waals surface area (Å²) in [5, 5.41) is 3.01. The molecular weight excluding hydrogens is 322 g/mol. The summed E-state index contributed by atoms with van der Waals surface area (Å²) < 4.78 is 0. The number of aryl methyl sites for hydroxylation is 1. The minimum Gasteiger partial charge on any atom is -0.371 e. The van der Waals surface area contributed by atoms with Crippen LogP contribution in [0.2, 0.25) is 0 Å². The van der Waals surface area contributed by atoms with E-state index in [-0.39, 0.29) is 5.91 Å². The normalized spacial score (nSPS) is 23.9. The molecule has 4 nitrogen and oxygen atoms in total. The van der Waals surface area contributed by atoms with Gasteiger partial charge in [-0.25, -0.2) is 0 Å². The number of rotatable bonds is 6. The molecule has 1 amide bonds. The number of pyridine rings is 1. The Kier molecular flexibility index (Phi) is 4.74. The number of carbonyl (C=O) groups is 1. The highest BCUT2D eigenvalue weighted by Crippen LogP contribution is 2.54. The highest BCUT2D eigenvalue weighted by Gasteiger charge is 2.54. The van der Waals surface area contributed by atoms with Crippen LogP contribution in [-0.4, -0.2) is 30.5 Å². The summed E-state index contributed by atoms with van der Waals surface area (Å²) in [6, 6.07) is 12.4. The first kappa shape index (κ1) is 16.8. The van der Waals surface area contributed by atoms with Crippen molar-refractivity contribution >= 4 is 17.7 Å². The van der Waals surface area contributed by atoms with Gasteiger partial charge in [0.1, 0.15) is 0 Å². The second-order valence-electron chi connectivity index (χ2n) is 7.38. The van der Waals surface area contributed by atoms with E-state index in [2.05, 4.69) is 46.4 Å². The second kappa shape index (κ2) is 7.32. The molecule has 0 spiro atoms. The van der Waals surface area contributed by atoms with Gasteiger partial charge in [0.2, 0.25) is 5.91 Å². The molecule has 0 radical (unpaired) electrons. The third-order valence-electron chi connectivity index (χ3n) is 5.72. The molecule has 26 heavy (non-hydrogen) atoms. The number of nitrogens with zero attached hydrogens (tertiary/aromatic N) is 2. The number of carbonyl (C=O) groups excluding carboxylic acids is 1. The first-order valence-electron chi connectivity index (χ1n) is 9.39. The quantitative estimate of drug-likeness (QED) is 0.816. The summed E-state index contributed by atoms with van der Waals surface area (Å²) >= 11 is 0. The molecule has 1 aliphatic heterocycles. The summed E-state index contributed by atoms with van der Waals surface area (Å²) in [5.74, 6) is 2.36. The molecule has 0 unspecified atom stereocenters. The van der Waals surface area contributed by atoms with E-state index in [1.807, 2.05) is 12.1 Å². The number of aromatic nitrogens is 1. The van der Waals surface area contributed by atoms with Crippen LogP contribution in [0.25, 0.3) is 6.08 Å². The third kappa shape index (κ3) is 3.64. The van der Waals surface area contributed by atoms with Crippen LogP contribution in [-0.2, 0) is 4.79 Å². The van der Waals surface area contributed by atoms with E-state index in [1.165, 1.54) is 11.3 Å². The molecule has 1 saturated carbocycles. The molecule has 2 heterocycles. The monoisotopic (exact) mass is 347 g/mol. The fraction of sp³-hybridized carbons (Fsp3) is 0.364. The van der Waals surface area contributed by atoms with Crippen LogP contribution >= 0.6 is 0 Å². The molecule has 3 atom stereocenters. The van der Waals surface area contributed by atoms with Crippen molar-refractivity contribution < 1.29 is 4.79 Å². The zero-order valence-electron chi connectivity index (χ0n) is 15.1. The van der Waals surface area contributed by atoms with Crippen LogP contribution in [0.1, 0.15) is 17.5 Å². The van der Waals surface area contributed by atoms with Crippen LogP contribution in [0.4, 0.5) is 5.69 Å². The van der Waals surface area contributed by atoms with Crippen LogP contribution < -0.4 is 10.2 Å². The van der Waals surface area contributed by atoms with Gasteiger partial charge in [-0.05, 0) is 60.4 Å². The van der Waals surface area contributed by atoms with E-state index in [0.29, 0.717) is 0 Å². The average molecular weight is 347 g/mol. The fourth-order valence-corrected chi connectivity index (χ4v) is 4.26. The molecular formula is C22H25N3O. The number of hydrogen-bond donors (Lipinski definition) is 1. The molecule has 2 aromatic rings. The topological polar surface area (TPSA) is 45.2 Å². The van der Waals surface area contributed by atoms with E-state index in [0.717, 1.165) is 49.4 Å². The average Bonchev–Trinajstić information content (AvgIpc) is 3.11. The molecule has 134 valence electrons. The molecule has 0 bridgehead atoms. The van der Waals surface area contributed by atoms with Crippen molar-refractivity contribution in [2.75, 3.05) is 24.5 Å². The zero-order valence-corrected chi connectivity index (χ0v) is 15.1. The summed E-state index contributed by atoms with van der Waals surface area (Å²) in [4.78, 5) is 18.5. The Morgan fingerprint density at radius 3 is 2.77 bits per heavy atom. The van der Waals surface area contributed by atoms with Gasteiger partial charge in [-0.2, -0.15) is 0 Å². The summed E-state index contributed by atoms with van der Waals surface area (Å²) in [6.45, 7) is 5.27. The minimum absolute atomic E-state index is 0.0267. The van der Waals surface area contributed by atoms with Gasteiger partial charge >= 0.3 is 0 Å². The number of anilines is 1. The smallest absolute Gasteiger partial charge is 0.244 e. The molecule has 1 aromatic carbocycles. The van der Waals surface area contributed by atoms with E-state index in [9.17, 15) is 4.79 Å². The lowest BCUT2D eigenvalue weighted by atomic mass is 10.1. The lowest BCUT2D eigenvalue weighted by molar-refractivity contribution is -0.116. The second-order valence-corrected chi connectivity index (χ2v) is 7.38. The Morgan fingerprint density at radius 2 is 2.04 bits per heavy atom. The number of nitrogens with one attached hydrogen (secondary N) is 1. The highest BCUT2D eigenvalue weighted by atomic mass is 16.1. The van der Waals surface area contributed by atoms with Gasteiger partial charge in [-0.3, -0.25) is 9.78 Å². The van der Waals surface area contributed by atoms with Gasteiger partial charge in [-0.15, -0.1) is 0 Å². The van der Waals surface area contributed by atoms with Crippen molar-refractivity contribution in [3.8, 4) is 0 Å². The summed E-state index contributed by atoms with van der Waals surface area (Å²) in [7, 11) is 0. The zero-order chi connectivity index (χ0) is 17.9. The summed E-state index contributed by atoms with van der Waals surface area (Å²) in [6.07, 6.45) is 7.95. The van der Waals surface area contributed by atoms with Crippen molar-refractivity contribution in [2.45, 2.75) is 13.3 Å². The van der Waals surface area contributed by atoms with Crippen LogP contribution in [0.15, 0.2) is 54.9 Å². The van der Waals surface area contributed by atoms with E-state index in [1.54, 1.807) is 24.5 Å². The van der Waals surface area contributed by atoms with Crippen molar-refractivity contribution in [1.29, 1.82) is 0 Å². The van der Waals surface area contributed by atoms with E-state index in [4.69, 9.17) is 0 Å². The van der Waals surface area contributed by atoms with Gasteiger partial charge in [0, 0.05) is 43.8 Å². The number of piperidine rings is 1. The van der Waals surface area contributed by atoms with Crippen molar-refractivity contribution in [3.63, 3.8) is 0 Å². The third-order valence-corrected chi connectivity index (χ3v) is 5.72. The Labute approximate surface area is 154 Å². The largest absolute Gasteiger partial charge is 0.371 e. The molecule has 1 N–H and O–H groups in total. The van der Waals surface area contributed by atoms with Crippen molar-refractivity contribution in [3.05, 3.63) is 66.0 Å². The number of amides is 1. The van der Waals surface area contributed by atoms with Crippen LogP contribution in [0.3, 0.4) is 0 Å². The molecule has 2 aliphatic rings. The van der Waals surface area contributed by atoms with Crippen LogP contribution in [0, 0.1) is 24.7 Å². The Morgan fingerprint density at radius 1 is 1.23 bits per heavy atom. The van der Waals surface area contributed by atoms with Crippen molar-refractivity contribution in [1.82, 2.24) is 10.3 Å². The molecule has 1 aliphatic carbocycles. The molecule has 4 rings (SSSR count). The molecule has 4 heteroatoms. The Balaban J connectivity index is 1.19. The summed E-state index contributed by atoms with van der Waals surface area (Å²) in [5.41, 5.74) is 3.68. The number of para-hydroxylation sites is 1. The molecule has 1 aromatic heterocycles. The van der Waals surface area contributed by atoms with Gasteiger partial charge in [0.25, 0.3) is 0 Å². The molecule has 1 saturated heterocycles. The van der Waals surface area contributed by atoms with Crippen LogP contribution in [0.5, 0.6) is 0 Å². The SMILES string of the molecule is Cc1ccccc1N1C[C@@H]2[C@@H](CCNC(=O)/C=C/c3cccnc3)[C@@H]2C1. The maximum absolute atomic E-state index is 11.9. The lowest BCUT2D eigenvalue weighted by Crippen LogP contribution is -2.27. The van der Waals surface area contributed by atoms with Gasteiger partial charge < -0.3 is 10.2 Å². The predicted molar refractivity (Wildman–Crippen MR) is 105 cm³/mol. The maximum Gasteiger partial charge on any atom is 0.244 e. The van der Waals surface area contributed by atoms with E-state index < -0.39 is 0 Å². The van der Waals surface area contributed by atoms with Crippen molar-refractivity contribution in [2.24, 2.45) is 17.8 Å². The van der Waals surface area contributed by atoms with Gasteiger partial charge in [-0.1, -0.05) is 24.3 Å². The van der Waals surface area contributed by atoms with Gasteiger partial charge in [0.05, 0.1) is 0 Å².